The van der Waals surface area contributed by atoms with Gasteiger partial charge < -0.3 is 10.2 Å². The fraction of sp³-hybridized carbons (Fsp3) is 0.400. The maximum Gasteiger partial charge on any atom is 0.271 e. The molecule has 0 aliphatic heterocycles. The molecule has 1 aliphatic rings. The molecule has 1 fully saturated rings. The molecule has 0 unspecified atom stereocenters. The first kappa shape index (κ1) is 18.0. The first-order chi connectivity index (χ1) is 12.5. The van der Waals surface area contributed by atoms with Gasteiger partial charge in [0, 0.05) is 25.8 Å². The van der Waals surface area contributed by atoms with E-state index in [9.17, 15) is 9.59 Å². The van der Waals surface area contributed by atoms with Gasteiger partial charge in [-0.2, -0.15) is 0 Å². The average Bonchev–Trinajstić information content (AvgIpc) is 3.10. The number of carbonyl (C=O) groups excluding carboxylic acids is 2. The van der Waals surface area contributed by atoms with Crippen LogP contribution in [0, 0.1) is 12.8 Å². The molecule has 3 rings (SSSR count). The minimum atomic E-state index is -0.270. The van der Waals surface area contributed by atoms with Gasteiger partial charge in [0.1, 0.15) is 5.69 Å². The molecule has 26 heavy (non-hydrogen) atoms. The van der Waals surface area contributed by atoms with E-state index in [4.69, 9.17) is 0 Å². The molecular formula is C20H24N4O2. The molecule has 2 amide bonds. The SMILES string of the molecule is Cc1cnc(C(=O)N[C@@H]2CCC[C@@H]2C(=O)N(C)Cc2ccccc2)cn1. The largest absolute Gasteiger partial charge is 0.347 e. The van der Waals surface area contributed by atoms with Crippen LogP contribution in [-0.4, -0.2) is 39.8 Å². The highest BCUT2D eigenvalue weighted by Crippen LogP contribution is 2.28. The molecule has 1 aromatic heterocycles. The fourth-order valence-electron chi connectivity index (χ4n) is 3.40. The highest BCUT2D eigenvalue weighted by molar-refractivity contribution is 5.92. The number of hydrogen-bond acceptors (Lipinski definition) is 4. The molecule has 1 heterocycles. The van der Waals surface area contributed by atoms with Crippen LogP contribution in [0.25, 0.3) is 0 Å². The van der Waals surface area contributed by atoms with Gasteiger partial charge in [-0.3, -0.25) is 14.6 Å². The number of aryl methyl sites for hydroxylation is 1. The van der Waals surface area contributed by atoms with Gasteiger partial charge in [-0.05, 0) is 25.3 Å². The summed E-state index contributed by atoms with van der Waals surface area (Å²) in [5, 5.41) is 2.98. The predicted molar refractivity (Wildman–Crippen MR) is 98.3 cm³/mol. The van der Waals surface area contributed by atoms with Crippen molar-refractivity contribution in [3.05, 3.63) is 59.7 Å². The van der Waals surface area contributed by atoms with Crippen molar-refractivity contribution < 1.29 is 9.59 Å². The summed E-state index contributed by atoms with van der Waals surface area (Å²) < 4.78 is 0. The molecule has 136 valence electrons. The molecule has 0 radical (unpaired) electrons. The van der Waals surface area contributed by atoms with Gasteiger partial charge in [0.05, 0.1) is 17.8 Å². The van der Waals surface area contributed by atoms with E-state index in [-0.39, 0.29) is 29.5 Å². The second-order valence-corrected chi connectivity index (χ2v) is 6.84. The Morgan fingerprint density at radius 3 is 2.62 bits per heavy atom. The van der Waals surface area contributed by atoms with E-state index < -0.39 is 0 Å². The molecular weight excluding hydrogens is 328 g/mol. The van der Waals surface area contributed by atoms with Crippen LogP contribution >= 0.6 is 0 Å². The lowest BCUT2D eigenvalue weighted by Crippen LogP contribution is -2.44. The van der Waals surface area contributed by atoms with E-state index in [1.807, 2.05) is 44.3 Å². The Hall–Kier alpha value is -2.76. The Balaban J connectivity index is 1.62. The van der Waals surface area contributed by atoms with Gasteiger partial charge >= 0.3 is 0 Å². The van der Waals surface area contributed by atoms with Crippen LogP contribution in [0.1, 0.15) is 41.0 Å². The first-order valence-corrected chi connectivity index (χ1v) is 8.93. The van der Waals surface area contributed by atoms with Crippen molar-refractivity contribution in [3.63, 3.8) is 0 Å². The molecule has 2 atom stereocenters. The van der Waals surface area contributed by atoms with Crippen LogP contribution in [0.15, 0.2) is 42.7 Å². The van der Waals surface area contributed by atoms with Gasteiger partial charge in [0.25, 0.3) is 5.91 Å². The molecule has 1 saturated carbocycles. The van der Waals surface area contributed by atoms with Gasteiger partial charge in [0.2, 0.25) is 5.91 Å². The van der Waals surface area contributed by atoms with Gasteiger partial charge in [-0.15, -0.1) is 0 Å². The summed E-state index contributed by atoms with van der Waals surface area (Å²) in [5.74, 6) is -0.384. The smallest absolute Gasteiger partial charge is 0.271 e. The monoisotopic (exact) mass is 352 g/mol. The summed E-state index contributed by atoms with van der Waals surface area (Å²) in [5.41, 5.74) is 2.14. The number of nitrogens with one attached hydrogen (secondary N) is 1. The number of nitrogens with zero attached hydrogens (tertiary/aromatic N) is 3. The van der Waals surface area contributed by atoms with Crippen LogP contribution in [-0.2, 0) is 11.3 Å². The number of carbonyl (C=O) groups is 2. The summed E-state index contributed by atoms with van der Waals surface area (Å²) in [6.45, 7) is 2.39. The summed E-state index contributed by atoms with van der Waals surface area (Å²) in [7, 11) is 1.82. The van der Waals surface area contributed by atoms with Crippen molar-refractivity contribution in [2.45, 2.75) is 38.8 Å². The van der Waals surface area contributed by atoms with Crippen LogP contribution in [0.3, 0.4) is 0 Å². The highest BCUT2D eigenvalue weighted by atomic mass is 16.2. The molecule has 0 bridgehead atoms. The zero-order chi connectivity index (χ0) is 18.5. The van der Waals surface area contributed by atoms with Crippen LogP contribution in [0.2, 0.25) is 0 Å². The van der Waals surface area contributed by atoms with E-state index in [0.29, 0.717) is 6.54 Å². The van der Waals surface area contributed by atoms with Crippen molar-refractivity contribution >= 4 is 11.8 Å². The van der Waals surface area contributed by atoms with Gasteiger partial charge in [-0.25, -0.2) is 4.98 Å². The third-order valence-electron chi connectivity index (χ3n) is 4.80. The zero-order valence-corrected chi connectivity index (χ0v) is 15.2. The fourth-order valence-corrected chi connectivity index (χ4v) is 3.40. The van der Waals surface area contributed by atoms with Gasteiger partial charge in [-0.1, -0.05) is 36.8 Å². The van der Waals surface area contributed by atoms with Crippen molar-refractivity contribution in [3.8, 4) is 0 Å². The maximum absolute atomic E-state index is 12.9. The third-order valence-corrected chi connectivity index (χ3v) is 4.80. The molecule has 6 nitrogen and oxygen atoms in total. The predicted octanol–water partition coefficient (Wildman–Crippen LogP) is 2.34. The molecule has 1 N–H and O–H groups in total. The maximum atomic E-state index is 12.9. The molecule has 2 aromatic rings. The third kappa shape index (κ3) is 4.25. The number of rotatable bonds is 5. The number of aromatic nitrogens is 2. The molecule has 0 spiro atoms. The molecule has 1 aliphatic carbocycles. The summed E-state index contributed by atoms with van der Waals surface area (Å²) in [6, 6.07) is 9.75. The van der Waals surface area contributed by atoms with Crippen LogP contribution in [0.5, 0.6) is 0 Å². The van der Waals surface area contributed by atoms with Crippen molar-refractivity contribution in [2.75, 3.05) is 7.05 Å². The van der Waals surface area contributed by atoms with E-state index >= 15 is 0 Å². The van der Waals surface area contributed by atoms with Crippen molar-refractivity contribution in [1.29, 1.82) is 0 Å². The summed E-state index contributed by atoms with van der Waals surface area (Å²) in [6.07, 6.45) is 5.57. The van der Waals surface area contributed by atoms with Crippen LogP contribution in [0.4, 0.5) is 0 Å². The van der Waals surface area contributed by atoms with Gasteiger partial charge in [0.15, 0.2) is 0 Å². The van der Waals surface area contributed by atoms with Crippen molar-refractivity contribution in [2.24, 2.45) is 5.92 Å². The zero-order valence-electron chi connectivity index (χ0n) is 15.2. The Morgan fingerprint density at radius 2 is 1.92 bits per heavy atom. The highest BCUT2D eigenvalue weighted by Gasteiger charge is 2.35. The Morgan fingerprint density at radius 1 is 1.15 bits per heavy atom. The first-order valence-electron chi connectivity index (χ1n) is 8.93. The average molecular weight is 352 g/mol. The second kappa shape index (κ2) is 8.08. The molecule has 1 aromatic carbocycles. The number of amides is 2. The van der Waals surface area contributed by atoms with Crippen LogP contribution < -0.4 is 5.32 Å². The normalized spacial score (nSPS) is 19.2. The van der Waals surface area contributed by atoms with E-state index in [1.165, 1.54) is 6.20 Å². The Bertz CT molecular complexity index is 761. The molecule has 6 heteroatoms. The quantitative estimate of drug-likeness (QED) is 0.896. The number of hydrogen-bond donors (Lipinski definition) is 1. The topological polar surface area (TPSA) is 75.2 Å². The minimum absolute atomic E-state index is 0.0756. The summed E-state index contributed by atoms with van der Waals surface area (Å²) >= 11 is 0. The lowest BCUT2D eigenvalue weighted by molar-refractivity contribution is -0.135. The van der Waals surface area contributed by atoms with Crippen molar-refractivity contribution in [1.82, 2.24) is 20.2 Å². The number of benzene rings is 1. The van der Waals surface area contributed by atoms with E-state index in [0.717, 1.165) is 30.5 Å². The Labute approximate surface area is 153 Å². The molecule has 0 saturated heterocycles. The van der Waals surface area contributed by atoms with E-state index in [2.05, 4.69) is 15.3 Å². The lowest BCUT2D eigenvalue weighted by atomic mass is 10.0. The standard InChI is InChI=1S/C20H24N4O2/c1-14-11-22-18(12-21-14)19(25)23-17-10-6-9-16(17)20(26)24(2)13-15-7-4-3-5-8-15/h3-5,7-8,11-12,16-17H,6,9-10,13H2,1-2H3,(H,23,25)/t16-,17+/m0/s1. The second-order valence-electron chi connectivity index (χ2n) is 6.84. The lowest BCUT2D eigenvalue weighted by Gasteiger charge is -2.26. The minimum Gasteiger partial charge on any atom is -0.347 e. The van der Waals surface area contributed by atoms with E-state index in [1.54, 1.807) is 11.1 Å². The summed E-state index contributed by atoms with van der Waals surface area (Å²) in [4.78, 5) is 35.2. The Kier molecular flexibility index (Phi) is 5.61.